The van der Waals surface area contributed by atoms with Crippen LogP contribution in [0.15, 0.2) is 12.1 Å². The molecule has 0 aromatic heterocycles. The number of benzene rings is 1. The lowest BCUT2D eigenvalue weighted by atomic mass is 9.92. The van der Waals surface area contributed by atoms with Crippen molar-refractivity contribution >= 4 is 24.0 Å². The van der Waals surface area contributed by atoms with E-state index in [-0.39, 0.29) is 41.2 Å². The first-order chi connectivity index (χ1) is 11.5. The number of nitrogens with zero attached hydrogens (tertiary/aromatic N) is 1. The minimum Gasteiger partial charge on any atom is -0.493 e. The lowest BCUT2D eigenvalue weighted by molar-refractivity contribution is -0.385. The fraction of sp³-hybridized carbons (Fsp3) is 0.562. The van der Waals surface area contributed by atoms with Crippen LogP contribution in [0, 0.1) is 16.0 Å². The van der Waals surface area contributed by atoms with Gasteiger partial charge in [0.05, 0.1) is 25.2 Å². The van der Waals surface area contributed by atoms with E-state index in [1.54, 1.807) is 0 Å². The first-order valence-electron chi connectivity index (χ1n) is 7.90. The van der Waals surface area contributed by atoms with E-state index < -0.39 is 10.8 Å². The minimum atomic E-state index is -0.594. The van der Waals surface area contributed by atoms with E-state index in [0.717, 1.165) is 25.9 Å². The monoisotopic (exact) mass is 373 g/mol. The maximum atomic E-state index is 12.6. The summed E-state index contributed by atoms with van der Waals surface area (Å²) in [6.45, 7) is 3.73. The average molecular weight is 374 g/mol. The molecule has 1 saturated heterocycles. The lowest BCUT2D eigenvalue weighted by Gasteiger charge is -2.28. The topological polar surface area (TPSA) is 103 Å². The Bertz CT molecular complexity index is 620. The molecule has 1 fully saturated rings. The third kappa shape index (κ3) is 4.96. The number of methoxy groups -OCH3 is 2. The molecule has 0 aliphatic carbocycles. The van der Waals surface area contributed by atoms with Gasteiger partial charge in [0.2, 0.25) is 0 Å². The number of hydrogen-bond donors (Lipinski definition) is 2. The van der Waals surface area contributed by atoms with E-state index in [1.165, 1.54) is 26.4 Å². The highest BCUT2D eigenvalue weighted by Gasteiger charge is 2.27. The van der Waals surface area contributed by atoms with Crippen molar-refractivity contribution in [3.8, 4) is 11.5 Å². The summed E-state index contributed by atoms with van der Waals surface area (Å²) < 4.78 is 10.2. The number of carbonyl (C=O) groups is 1. The molecule has 1 aromatic carbocycles. The fourth-order valence-corrected chi connectivity index (χ4v) is 2.91. The molecule has 2 N–H and O–H groups in total. The predicted molar refractivity (Wildman–Crippen MR) is 96.0 cm³/mol. The maximum absolute atomic E-state index is 12.6. The van der Waals surface area contributed by atoms with Gasteiger partial charge in [0.15, 0.2) is 11.5 Å². The Labute approximate surface area is 152 Å². The van der Waals surface area contributed by atoms with Crippen LogP contribution in [0.25, 0.3) is 0 Å². The molecule has 2 rings (SSSR count). The summed E-state index contributed by atoms with van der Waals surface area (Å²) in [5.41, 5.74) is -0.340. The summed E-state index contributed by atoms with van der Waals surface area (Å²) in [6, 6.07) is 2.47. The molecule has 1 heterocycles. The van der Waals surface area contributed by atoms with Gasteiger partial charge in [-0.05, 0) is 38.8 Å². The number of nitro groups is 1. The van der Waals surface area contributed by atoms with Crippen LogP contribution in [0.2, 0.25) is 0 Å². The van der Waals surface area contributed by atoms with Crippen molar-refractivity contribution in [1.82, 2.24) is 10.6 Å². The largest absolute Gasteiger partial charge is 0.493 e. The Balaban J connectivity index is 0.00000312. The van der Waals surface area contributed by atoms with Crippen molar-refractivity contribution in [2.24, 2.45) is 5.92 Å². The lowest BCUT2D eigenvalue weighted by Crippen LogP contribution is -2.44. The van der Waals surface area contributed by atoms with Crippen molar-refractivity contribution in [2.45, 2.75) is 25.8 Å². The van der Waals surface area contributed by atoms with Crippen LogP contribution in [0.3, 0.4) is 0 Å². The molecule has 0 spiro atoms. The van der Waals surface area contributed by atoms with Crippen molar-refractivity contribution in [3.05, 3.63) is 27.8 Å². The smallest absolute Gasteiger partial charge is 0.286 e. The van der Waals surface area contributed by atoms with Crippen LogP contribution >= 0.6 is 12.4 Å². The molecule has 1 aliphatic heterocycles. The average Bonchev–Trinajstić information content (AvgIpc) is 2.60. The molecule has 0 saturated carbocycles. The van der Waals surface area contributed by atoms with Gasteiger partial charge in [-0.3, -0.25) is 14.9 Å². The van der Waals surface area contributed by atoms with Crippen LogP contribution in [-0.2, 0) is 0 Å². The predicted octanol–water partition coefficient (Wildman–Crippen LogP) is 2.15. The second kappa shape index (κ2) is 9.43. The molecule has 8 nitrogen and oxygen atoms in total. The molecular weight excluding hydrogens is 350 g/mol. The van der Waals surface area contributed by atoms with Crippen LogP contribution in [0.1, 0.15) is 30.1 Å². The second-order valence-electron chi connectivity index (χ2n) is 5.85. The number of nitrogens with one attached hydrogen (secondary N) is 2. The summed E-state index contributed by atoms with van der Waals surface area (Å²) in [4.78, 5) is 23.3. The first kappa shape index (κ1) is 21.0. The number of halogens is 1. The Hall–Kier alpha value is -2.06. The number of hydrogen-bond acceptors (Lipinski definition) is 6. The van der Waals surface area contributed by atoms with E-state index in [0.29, 0.717) is 5.92 Å². The van der Waals surface area contributed by atoms with Crippen molar-refractivity contribution < 1.29 is 19.2 Å². The second-order valence-corrected chi connectivity index (χ2v) is 5.85. The number of carbonyl (C=O) groups excluding carboxylic acids is 1. The van der Waals surface area contributed by atoms with Crippen molar-refractivity contribution in [3.63, 3.8) is 0 Å². The van der Waals surface area contributed by atoms with Crippen LogP contribution in [-0.4, -0.2) is 44.2 Å². The van der Waals surface area contributed by atoms with E-state index in [4.69, 9.17) is 9.47 Å². The van der Waals surface area contributed by atoms with Crippen LogP contribution in [0.4, 0.5) is 5.69 Å². The Morgan fingerprint density at radius 3 is 2.52 bits per heavy atom. The third-order valence-corrected chi connectivity index (χ3v) is 4.34. The van der Waals surface area contributed by atoms with Crippen molar-refractivity contribution in [2.75, 3.05) is 27.3 Å². The molecule has 1 aromatic rings. The molecule has 1 amide bonds. The van der Waals surface area contributed by atoms with Gasteiger partial charge in [-0.25, -0.2) is 0 Å². The van der Waals surface area contributed by atoms with Crippen molar-refractivity contribution in [1.29, 1.82) is 0 Å². The summed E-state index contributed by atoms with van der Waals surface area (Å²) >= 11 is 0. The van der Waals surface area contributed by atoms with E-state index >= 15 is 0 Å². The van der Waals surface area contributed by atoms with Crippen LogP contribution in [0.5, 0.6) is 11.5 Å². The maximum Gasteiger partial charge on any atom is 0.286 e. The summed E-state index contributed by atoms with van der Waals surface area (Å²) in [6.07, 6.45) is 2.07. The zero-order valence-corrected chi connectivity index (χ0v) is 15.4. The number of nitro benzene ring substituents is 1. The summed E-state index contributed by atoms with van der Waals surface area (Å²) in [5.74, 6) is 0.313. The Morgan fingerprint density at radius 1 is 1.36 bits per heavy atom. The Kier molecular flexibility index (Phi) is 7.92. The van der Waals surface area contributed by atoms with Gasteiger partial charge in [-0.2, -0.15) is 0 Å². The highest BCUT2D eigenvalue weighted by Crippen LogP contribution is 2.34. The van der Waals surface area contributed by atoms with Gasteiger partial charge in [0, 0.05) is 12.1 Å². The van der Waals surface area contributed by atoms with E-state index in [9.17, 15) is 14.9 Å². The first-order valence-corrected chi connectivity index (χ1v) is 7.90. The molecule has 1 aliphatic rings. The minimum absolute atomic E-state index is 0. The molecule has 2 unspecified atom stereocenters. The zero-order chi connectivity index (χ0) is 17.7. The van der Waals surface area contributed by atoms with E-state index in [1.807, 2.05) is 6.92 Å². The van der Waals surface area contributed by atoms with Crippen LogP contribution < -0.4 is 20.1 Å². The highest BCUT2D eigenvalue weighted by atomic mass is 35.5. The van der Waals surface area contributed by atoms with Gasteiger partial charge in [0.1, 0.15) is 5.56 Å². The number of piperidine rings is 1. The van der Waals surface area contributed by atoms with E-state index in [2.05, 4.69) is 10.6 Å². The molecular formula is C16H24ClN3O5. The molecule has 9 heteroatoms. The number of amides is 1. The van der Waals surface area contributed by atoms with Gasteiger partial charge in [0.25, 0.3) is 11.6 Å². The third-order valence-electron chi connectivity index (χ3n) is 4.34. The molecule has 0 bridgehead atoms. The normalized spacial score (nSPS) is 17.8. The summed E-state index contributed by atoms with van der Waals surface area (Å²) in [5, 5.41) is 17.5. The molecule has 0 radical (unpaired) electrons. The fourth-order valence-electron chi connectivity index (χ4n) is 2.91. The zero-order valence-electron chi connectivity index (χ0n) is 14.5. The number of ether oxygens (including phenoxy) is 2. The standard InChI is InChI=1S/C16H23N3O5.ClH/c1-10(11-5-4-6-17-9-11)18-16(20)12-7-14(23-2)15(24-3)8-13(12)19(21)22;/h7-8,10-11,17H,4-6,9H2,1-3H3,(H,18,20);1H. The highest BCUT2D eigenvalue weighted by molar-refractivity contribution is 5.99. The van der Waals surface area contributed by atoms with Gasteiger partial charge in [-0.15, -0.1) is 12.4 Å². The molecule has 140 valence electrons. The molecule has 2 atom stereocenters. The molecule has 25 heavy (non-hydrogen) atoms. The van der Waals surface area contributed by atoms with Gasteiger partial charge >= 0.3 is 0 Å². The summed E-state index contributed by atoms with van der Waals surface area (Å²) in [7, 11) is 2.81. The SMILES string of the molecule is COc1cc(C(=O)NC(C)C2CCCNC2)c([N+](=O)[O-])cc1OC.Cl. The Morgan fingerprint density at radius 2 is 2.00 bits per heavy atom. The number of rotatable bonds is 6. The van der Waals surface area contributed by atoms with Gasteiger partial charge < -0.3 is 20.1 Å². The van der Waals surface area contributed by atoms with Gasteiger partial charge in [-0.1, -0.05) is 0 Å². The quantitative estimate of drug-likeness (QED) is 0.585.